The van der Waals surface area contributed by atoms with E-state index in [2.05, 4.69) is 31.0 Å². The first-order valence-electron chi connectivity index (χ1n) is 9.62. The van der Waals surface area contributed by atoms with Crippen LogP contribution in [0.5, 0.6) is 0 Å². The highest BCUT2D eigenvalue weighted by Gasteiger charge is 2.39. The first-order valence-corrected chi connectivity index (χ1v) is 9.62. The van der Waals surface area contributed by atoms with E-state index in [1.54, 1.807) is 0 Å². The molecule has 0 amide bonds. The largest absolute Gasteiger partial charge is 0.311 e. The molecule has 1 aliphatic carbocycles. The zero-order valence-corrected chi connectivity index (χ0v) is 14.8. The van der Waals surface area contributed by atoms with Gasteiger partial charge in [-0.3, -0.25) is 4.90 Å². The Bertz CT molecular complexity index is 283. The molecule has 1 unspecified atom stereocenters. The molecule has 1 saturated heterocycles. The lowest BCUT2D eigenvalue weighted by Gasteiger charge is -2.46. The Morgan fingerprint density at radius 2 is 1.57 bits per heavy atom. The van der Waals surface area contributed by atoms with Gasteiger partial charge in [0.1, 0.15) is 0 Å². The highest BCUT2D eigenvalue weighted by Crippen LogP contribution is 2.35. The molecule has 1 saturated carbocycles. The highest BCUT2D eigenvalue weighted by molar-refractivity contribution is 4.98. The Morgan fingerprint density at radius 3 is 2.19 bits per heavy atom. The number of hydrogen-bond donors (Lipinski definition) is 1. The van der Waals surface area contributed by atoms with Gasteiger partial charge >= 0.3 is 0 Å². The van der Waals surface area contributed by atoms with Crippen LogP contribution in [0.1, 0.15) is 85.0 Å². The predicted octanol–water partition coefficient (Wildman–Crippen LogP) is 4.59. The van der Waals surface area contributed by atoms with Gasteiger partial charge in [-0.2, -0.15) is 0 Å². The fourth-order valence-electron chi connectivity index (χ4n) is 3.69. The standard InChI is InChI=1S/C19H38N2/c1-4-5-6-7-8-9-10-11-14-21-15-18(17-12-13-17)20-16-19(21,2)3/h17-18,20H,4-16H2,1-3H3. The maximum Gasteiger partial charge on any atom is 0.0278 e. The molecule has 0 aromatic heterocycles. The molecule has 0 bridgehead atoms. The lowest BCUT2D eigenvalue weighted by Crippen LogP contribution is -2.62. The topological polar surface area (TPSA) is 15.3 Å². The zero-order chi connectivity index (χ0) is 15.1. The third kappa shape index (κ3) is 5.90. The van der Waals surface area contributed by atoms with E-state index in [4.69, 9.17) is 0 Å². The third-order valence-electron chi connectivity index (χ3n) is 5.54. The molecule has 0 aromatic rings. The summed E-state index contributed by atoms with van der Waals surface area (Å²) >= 11 is 0. The van der Waals surface area contributed by atoms with E-state index in [9.17, 15) is 0 Å². The Hall–Kier alpha value is -0.0800. The quantitative estimate of drug-likeness (QED) is 0.593. The average molecular weight is 295 g/mol. The Kier molecular flexibility index (Phi) is 7.01. The number of unbranched alkanes of at least 4 members (excludes halogenated alkanes) is 7. The lowest BCUT2D eigenvalue weighted by atomic mass is 9.95. The molecular formula is C19H38N2. The second-order valence-electron chi connectivity index (χ2n) is 8.06. The van der Waals surface area contributed by atoms with Crippen LogP contribution >= 0.6 is 0 Å². The molecule has 1 N–H and O–H groups in total. The lowest BCUT2D eigenvalue weighted by molar-refractivity contribution is 0.0590. The van der Waals surface area contributed by atoms with Crippen LogP contribution in [0.25, 0.3) is 0 Å². The first-order chi connectivity index (χ1) is 10.1. The van der Waals surface area contributed by atoms with Gasteiger partial charge in [0.05, 0.1) is 0 Å². The van der Waals surface area contributed by atoms with Crippen molar-refractivity contribution in [1.82, 2.24) is 10.2 Å². The van der Waals surface area contributed by atoms with Gasteiger partial charge in [0, 0.05) is 24.7 Å². The molecule has 0 aromatic carbocycles. The van der Waals surface area contributed by atoms with Crippen molar-refractivity contribution < 1.29 is 0 Å². The van der Waals surface area contributed by atoms with Crippen LogP contribution < -0.4 is 5.32 Å². The molecule has 0 spiro atoms. The van der Waals surface area contributed by atoms with Crippen LogP contribution in [0, 0.1) is 5.92 Å². The molecule has 124 valence electrons. The Balaban J connectivity index is 1.57. The Morgan fingerprint density at radius 1 is 0.952 bits per heavy atom. The molecule has 1 atom stereocenters. The number of hydrogen-bond acceptors (Lipinski definition) is 2. The maximum atomic E-state index is 3.79. The van der Waals surface area contributed by atoms with Crippen LogP contribution in [0.15, 0.2) is 0 Å². The molecule has 2 aliphatic rings. The van der Waals surface area contributed by atoms with Gasteiger partial charge < -0.3 is 5.32 Å². The summed E-state index contributed by atoms with van der Waals surface area (Å²) in [6, 6.07) is 0.784. The molecule has 2 fully saturated rings. The minimum Gasteiger partial charge on any atom is -0.311 e. The molecule has 1 heterocycles. The smallest absolute Gasteiger partial charge is 0.0278 e. The van der Waals surface area contributed by atoms with Crippen molar-refractivity contribution in [3.05, 3.63) is 0 Å². The van der Waals surface area contributed by atoms with Gasteiger partial charge in [-0.15, -0.1) is 0 Å². The van der Waals surface area contributed by atoms with Crippen molar-refractivity contribution in [2.75, 3.05) is 19.6 Å². The summed E-state index contributed by atoms with van der Waals surface area (Å²) in [5.74, 6) is 0.988. The SMILES string of the molecule is CCCCCCCCCCN1CC(C2CC2)NCC1(C)C. The molecule has 2 nitrogen and oxygen atoms in total. The van der Waals surface area contributed by atoms with Crippen molar-refractivity contribution >= 4 is 0 Å². The summed E-state index contributed by atoms with van der Waals surface area (Å²) in [6.45, 7) is 10.9. The summed E-state index contributed by atoms with van der Waals surface area (Å²) < 4.78 is 0. The van der Waals surface area contributed by atoms with Gasteiger partial charge in [-0.1, -0.05) is 51.9 Å². The maximum absolute atomic E-state index is 3.79. The van der Waals surface area contributed by atoms with E-state index in [-0.39, 0.29) is 0 Å². The van der Waals surface area contributed by atoms with Crippen molar-refractivity contribution in [1.29, 1.82) is 0 Å². The number of piperazine rings is 1. The van der Waals surface area contributed by atoms with E-state index in [1.807, 2.05) is 0 Å². The zero-order valence-electron chi connectivity index (χ0n) is 14.8. The Labute approximate surface area is 133 Å². The van der Waals surface area contributed by atoms with Gasteiger partial charge in [-0.25, -0.2) is 0 Å². The summed E-state index contributed by atoms with van der Waals surface area (Å²) in [5, 5.41) is 3.79. The van der Waals surface area contributed by atoms with Crippen LogP contribution in [0.4, 0.5) is 0 Å². The molecule has 21 heavy (non-hydrogen) atoms. The molecule has 2 rings (SSSR count). The number of nitrogens with zero attached hydrogens (tertiary/aromatic N) is 1. The van der Waals surface area contributed by atoms with Gasteiger partial charge in [0.2, 0.25) is 0 Å². The van der Waals surface area contributed by atoms with E-state index >= 15 is 0 Å². The monoisotopic (exact) mass is 294 g/mol. The minimum atomic E-state index is 0.354. The van der Waals surface area contributed by atoms with E-state index in [1.165, 1.54) is 83.8 Å². The molecule has 1 aliphatic heterocycles. The van der Waals surface area contributed by atoms with Crippen LogP contribution in [-0.2, 0) is 0 Å². The van der Waals surface area contributed by atoms with E-state index in [0.717, 1.165) is 12.0 Å². The van der Waals surface area contributed by atoms with Crippen LogP contribution in [-0.4, -0.2) is 36.1 Å². The molecule has 2 heteroatoms. The summed E-state index contributed by atoms with van der Waals surface area (Å²) in [4.78, 5) is 2.77. The van der Waals surface area contributed by atoms with Crippen molar-refractivity contribution in [3.8, 4) is 0 Å². The van der Waals surface area contributed by atoms with Gasteiger partial charge in [-0.05, 0) is 45.6 Å². The third-order valence-corrected chi connectivity index (χ3v) is 5.54. The molecular weight excluding hydrogens is 256 g/mol. The predicted molar refractivity (Wildman–Crippen MR) is 92.8 cm³/mol. The minimum absolute atomic E-state index is 0.354. The summed E-state index contributed by atoms with van der Waals surface area (Å²) in [5.41, 5.74) is 0.354. The highest BCUT2D eigenvalue weighted by atomic mass is 15.3. The van der Waals surface area contributed by atoms with Gasteiger partial charge in [0.15, 0.2) is 0 Å². The fraction of sp³-hybridized carbons (Fsp3) is 1.00. The molecule has 0 radical (unpaired) electrons. The van der Waals surface area contributed by atoms with E-state index < -0.39 is 0 Å². The van der Waals surface area contributed by atoms with Crippen LogP contribution in [0.3, 0.4) is 0 Å². The second kappa shape index (κ2) is 8.53. The van der Waals surface area contributed by atoms with Crippen molar-refractivity contribution in [2.24, 2.45) is 5.92 Å². The summed E-state index contributed by atoms with van der Waals surface area (Å²) in [7, 11) is 0. The average Bonchev–Trinajstić information content (AvgIpc) is 3.28. The van der Waals surface area contributed by atoms with E-state index in [0.29, 0.717) is 5.54 Å². The summed E-state index contributed by atoms with van der Waals surface area (Å²) in [6.07, 6.45) is 14.3. The number of rotatable bonds is 10. The van der Waals surface area contributed by atoms with Crippen molar-refractivity contribution in [3.63, 3.8) is 0 Å². The first kappa shape index (κ1) is 17.3. The fourth-order valence-corrected chi connectivity index (χ4v) is 3.69. The second-order valence-corrected chi connectivity index (χ2v) is 8.06. The number of nitrogens with one attached hydrogen (secondary N) is 1. The van der Waals surface area contributed by atoms with Gasteiger partial charge in [0.25, 0.3) is 0 Å². The van der Waals surface area contributed by atoms with Crippen LogP contribution in [0.2, 0.25) is 0 Å². The van der Waals surface area contributed by atoms with Crippen molar-refractivity contribution in [2.45, 2.75) is 96.6 Å². The normalized spacial score (nSPS) is 26.1.